The molecule has 0 spiro atoms. The lowest BCUT2D eigenvalue weighted by Crippen LogP contribution is -2.48. The quantitative estimate of drug-likeness (QED) is 0.347. The fourth-order valence-electron chi connectivity index (χ4n) is 3.78. The molecule has 2 aromatic carbocycles. The van der Waals surface area contributed by atoms with E-state index in [-0.39, 0.29) is 43.6 Å². The maximum absolute atomic E-state index is 13.4. The second-order valence-electron chi connectivity index (χ2n) is 8.83. The summed E-state index contributed by atoms with van der Waals surface area (Å²) in [6, 6.07) is 11.8. The van der Waals surface area contributed by atoms with Crippen LogP contribution in [-0.2, 0) is 26.2 Å². The second-order valence-corrected chi connectivity index (χ2v) is 10.7. The maximum Gasteiger partial charge on any atom is 0.242 e. The fraction of sp³-hybridized carbons (Fsp3) is 0.481. The Morgan fingerprint density at radius 2 is 1.68 bits per heavy atom. The van der Waals surface area contributed by atoms with Crippen LogP contribution < -0.4 is 14.4 Å². The van der Waals surface area contributed by atoms with Gasteiger partial charge in [0, 0.05) is 26.1 Å². The van der Waals surface area contributed by atoms with Crippen molar-refractivity contribution in [3.05, 3.63) is 59.9 Å². The number of carbonyl (C=O) groups is 2. The van der Waals surface area contributed by atoms with Gasteiger partial charge in [-0.1, -0.05) is 25.5 Å². The zero-order valence-corrected chi connectivity index (χ0v) is 22.9. The number of unbranched alkanes of at least 4 members (excludes halogenated alkanes) is 1. The summed E-state index contributed by atoms with van der Waals surface area (Å²) in [6.07, 6.45) is 3.17. The normalized spacial score (nSPS) is 12.0. The van der Waals surface area contributed by atoms with E-state index in [0.29, 0.717) is 30.2 Å². The summed E-state index contributed by atoms with van der Waals surface area (Å²) in [4.78, 5) is 27.4. The van der Waals surface area contributed by atoms with Crippen LogP contribution in [0.1, 0.15) is 52.0 Å². The molecule has 0 aliphatic rings. The van der Waals surface area contributed by atoms with Gasteiger partial charge in [0.15, 0.2) is 0 Å². The van der Waals surface area contributed by atoms with E-state index in [0.717, 1.165) is 19.1 Å². The minimum Gasteiger partial charge on any atom is -0.494 e. The van der Waals surface area contributed by atoms with Crippen molar-refractivity contribution in [1.82, 2.24) is 10.2 Å². The standard InChI is InChI=1S/C27H38FN3O5S/c1-5-7-18-29-27(33)21(3)30(20-22-10-12-23(28)13-11-22)26(32)9-8-19-31(37(4,34)35)24-14-16-25(17-15-24)36-6-2/h10-17,21H,5-9,18-20H2,1-4H3,(H,29,33). The molecule has 0 aromatic heterocycles. The Labute approximate surface area is 219 Å². The van der Waals surface area contributed by atoms with Gasteiger partial charge in [0.1, 0.15) is 17.6 Å². The summed E-state index contributed by atoms with van der Waals surface area (Å²) in [5.74, 6) is -0.307. The molecule has 0 saturated heterocycles. The molecule has 0 radical (unpaired) electrons. The lowest BCUT2D eigenvalue weighted by Gasteiger charge is -2.29. The van der Waals surface area contributed by atoms with E-state index in [9.17, 15) is 22.4 Å². The van der Waals surface area contributed by atoms with E-state index in [1.807, 2.05) is 13.8 Å². The number of nitrogens with zero attached hydrogens (tertiary/aromatic N) is 2. The molecule has 2 aromatic rings. The van der Waals surface area contributed by atoms with Gasteiger partial charge in [0.25, 0.3) is 0 Å². The van der Waals surface area contributed by atoms with Gasteiger partial charge in [-0.15, -0.1) is 0 Å². The van der Waals surface area contributed by atoms with Crippen LogP contribution in [0, 0.1) is 5.82 Å². The molecule has 1 atom stereocenters. The van der Waals surface area contributed by atoms with Gasteiger partial charge >= 0.3 is 0 Å². The third-order valence-electron chi connectivity index (χ3n) is 5.85. The number of sulfonamides is 1. The number of benzene rings is 2. The largest absolute Gasteiger partial charge is 0.494 e. The zero-order valence-electron chi connectivity index (χ0n) is 22.1. The van der Waals surface area contributed by atoms with Crippen molar-refractivity contribution in [1.29, 1.82) is 0 Å². The Morgan fingerprint density at radius 1 is 1.03 bits per heavy atom. The van der Waals surface area contributed by atoms with Crippen molar-refractivity contribution < 1.29 is 27.1 Å². The molecule has 2 rings (SSSR count). The van der Waals surface area contributed by atoms with Gasteiger partial charge in [-0.3, -0.25) is 13.9 Å². The van der Waals surface area contributed by atoms with Crippen LogP contribution in [0.25, 0.3) is 0 Å². The fourth-order valence-corrected chi connectivity index (χ4v) is 4.75. The number of hydrogen-bond acceptors (Lipinski definition) is 5. The average molecular weight is 536 g/mol. The average Bonchev–Trinajstić information content (AvgIpc) is 2.86. The lowest BCUT2D eigenvalue weighted by atomic mass is 10.1. The molecule has 204 valence electrons. The highest BCUT2D eigenvalue weighted by Gasteiger charge is 2.26. The highest BCUT2D eigenvalue weighted by Crippen LogP contribution is 2.22. The minimum absolute atomic E-state index is 0.0385. The van der Waals surface area contributed by atoms with Gasteiger partial charge in [0.05, 0.1) is 18.6 Å². The van der Waals surface area contributed by atoms with Crippen LogP contribution in [0.15, 0.2) is 48.5 Å². The predicted molar refractivity (Wildman–Crippen MR) is 143 cm³/mol. The second kappa shape index (κ2) is 14.6. The van der Waals surface area contributed by atoms with Crippen molar-refractivity contribution >= 4 is 27.5 Å². The van der Waals surface area contributed by atoms with Crippen molar-refractivity contribution in [2.75, 3.05) is 30.3 Å². The van der Waals surface area contributed by atoms with Gasteiger partial charge in [-0.05, 0) is 68.7 Å². The molecule has 0 bridgehead atoms. The van der Waals surface area contributed by atoms with Gasteiger partial charge in [-0.2, -0.15) is 0 Å². The molecule has 10 heteroatoms. The van der Waals surface area contributed by atoms with E-state index in [1.165, 1.54) is 21.3 Å². The Kier molecular flexibility index (Phi) is 11.8. The molecule has 8 nitrogen and oxygen atoms in total. The van der Waals surface area contributed by atoms with Crippen LogP contribution in [0.5, 0.6) is 5.75 Å². The number of hydrogen-bond donors (Lipinski definition) is 1. The monoisotopic (exact) mass is 535 g/mol. The third-order valence-corrected chi connectivity index (χ3v) is 7.04. The first-order valence-electron chi connectivity index (χ1n) is 12.6. The lowest BCUT2D eigenvalue weighted by molar-refractivity contribution is -0.140. The first-order chi connectivity index (χ1) is 17.6. The highest BCUT2D eigenvalue weighted by molar-refractivity contribution is 7.92. The van der Waals surface area contributed by atoms with Crippen LogP contribution in [0.4, 0.5) is 10.1 Å². The Morgan fingerprint density at radius 3 is 2.24 bits per heavy atom. The van der Waals surface area contributed by atoms with Crippen molar-refractivity contribution in [2.45, 2.75) is 59.0 Å². The number of nitrogens with one attached hydrogen (secondary N) is 1. The SMILES string of the molecule is CCCCNC(=O)C(C)N(Cc1ccc(F)cc1)C(=O)CCCN(c1ccc(OCC)cc1)S(C)(=O)=O. The van der Waals surface area contributed by atoms with Crippen LogP contribution in [-0.4, -0.2) is 57.1 Å². The van der Waals surface area contributed by atoms with Crippen molar-refractivity contribution in [3.8, 4) is 5.75 Å². The van der Waals surface area contributed by atoms with Gasteiger partial charge in [-0.25, -0.2) is 12.8 Å². The summed E-state index contributed by atoms with van der Waals surface area (Å²) in [5, 5.41) is 2.85. The summed E-state index contributed by atoms with van der Waals surface area (Å²) >= 11 is 0. The van der Waals surface area contributed by atoms with Crippen molar-refractivity contribution in [3.63, 3.8) is 0 Å². The van der Waals surface area contributed by atoms with Gasteiger partial charge < -0.3 is 15.0 Å². The predicted octanol–water partition coefficient (Wildman–Crippen LogP) is 4.10. The van der Waals surface area contributed by atoms with Crippen molar-refractivity contribution in [2.24, 2.45) is 0 Å². The van der Waals surface area contributed by atoms with E-state index < -0.39 is 16.1 Å². The number of rotatable bonds is 15. The highest BCUT2D eigenvalue weighted by atomic mass is 32.2. The third kappa shape index (κ3) is 9.68. The topological polar surface area (TPSA) is 96.0 Å². The van der Waals surface area contributed by atoms with E-state index in [2.05, 4.69) is 5.32 Å². The number of anilines is 1. The summed E-state index contributed by atoms with van der Waals surface area (Å²) in [6.45, 7) is 6.79. The van der Waals surface area contributed by atoms with E-state index in [1.54, 1.807) is 43.3 Å². The number of halogens is 1. The molecule has 0 fully saturated rings. The Balaban J connectivity index is 2.12. The van der Waals surface area contributed by atoms with E-state index >= 15 is 0 Å². The number of carbonyl (C=O) groups excluding carboxylic acids is 2. The molecule has 0 aliphatic carbocycles. The van der Waals surface area contributed by atoms with Gasteiger partial charge in [0.2, 0.25) is 21.8 Å². The first-order valence-corrected chi connectivity index (χ1v) is 14.4. The molecular formula is C27H38FN3O5S. The zero-order chi connectivity index (χ0) is 27.4. The van der Waals surface area contributed by atoms with Crippen LogP contribution >= 0.6 is 0 Å². The Bertz CT molecular complexity index is 1110. The van der Waals surface area contributed by atoms with E-state index in [4.69, 9.17) is 4.74 Å². The number of amides is 2. The molecule has 1 unspecified atom stereocenters. The van der Waals surface area contributed by atoms with Crippen LogP contribution in [0.2, 0.25) is 0 Å². The molecule has 0 heterocycles. The summed E-state index contributed by atoms with van der Waals surface area (Å²) < 4.78 is 45.0. The Hall–Kier alpha value is -3.14. The maximum atomic E-state index is 13.4. The summed E-state index contributed by atoms with van der Waals surface area (Å²) in [5.41, 5.74) is 1.17. The smallest absolute Gasteiger partial charge is 0.242 e. The first kappa shape index (κ1) is 30.1. The number of ether oxygens (including phenoxy) is 1. The summed E-state index contributed by atoms with van der Waals surface area (Å²) in [7, 11) is -3.59. The molecule has 0 saturated carbocycles. The molecule has 1 N–H and O–H groups in total. The molecule has 0 aliphatic heterocycles. The molecule has 2 amide bonds. The van der Waals surface area contributed by atoms with Crippen LogP contribution in [0.3, 0.4) is 0 Å². The molecular weight excluding hydrogens is 497 g/mol. The minimum atomic E-state index is -3.59. The molecule has 37 heavy (non-hydrogen) atoms.